The third-order valence-electron chi connectivity index (χ3n) is 2.96. The summed E-state index contributed by atoms with van der Waals surface area (Å²) in [7, 11) is 0. The molecular weight excluding hydrogens is 300 g/mol. The summed E-state index contributed by atoms with van der Waals surface area (Å²) in [5.74, 6) is -1.14. The zero-order chi connectivity index (χ0) is 16.1. The van der Waals surface area contributed by atoms with Gasteiger partial charge in [-0.25, -0.2) is 4.79 Å². The molecule has 2 rings (SSSR count). The lowest BCUT2D eigenvalue weighted by atomic mass is 10.2. The van der Waals surface area contributed by atoms with Crippen molar-refractivity contribution in [2.75, 3.05) is 11.1 Å². The molecular formula is C16H16N2O3S. The first kappa shape index (κ1) is 15.9. The number of nitrogens with one attached hydrogen (secondary N) is 1. The molecule has 114 valence electrons. The quantitative estimate of drug-likeness (QED) is 0.582. The Balaban J connectivity index is 1.95. The normalized spacial score (nSPS) is 11.7. The van der Waals surface area contributed by atoms with Crippen molar-refractivity contribution < 1.29 is 14.7 Å². The first-order valence-corrected chi connectivity index (χ1v) is 7.50. The molecule has 2 aromatic carbocycles. The average Bonchev–Trinajstić information content (AvgIpc) is 2.50. The predicted octanol–water partition coefficient (Wildman–Crippen LogP) is 3.09. The third kappa shape index (κ3) is 4.26. The van der Waals surface area contributed by atoms with E-state index >= 15 is 0 Å². The summed E-state index contributed by atoms with van der Waals surface area (Å²) in [6, 6.07) is 13.4. The Morgan fingerprint density at radius 1 is 1.09 bits per heavy atom. The predicted molar refractivity (Wildman–Crippen MR) is 88.2 cm³/mol. The molecule has 0 radical (unpaired) electrons. The smallest absolute Gasteiger partial charge is 0.335 e. The Kier molecular flexibility index (Phi) is 5.06. The van der Waals surface area contributed by atoms with E-state index in [1.807, 2.05) is 19.1 Å². The van der Waals surface area contributed by atoms with Crippen LogP contribution in [-0.2, 0) is 4.79 Å². The second-order valence-electron chi connectivity index (χ2n) is 4.70. The van der Waals surface area contributed by atoms with Gasteiger partial charge in [-0.2, -0.15) is 0 Å². The van der Waals surface area contributed by atoms with E-state index in [9.17, 15) is 9.59 Å². The van der Waals surface area contributed by atoms with E-state index in [0.29, 0.717) is 11.4 Å². The van der Waals surface area contributed by atoms with Crippen molar-refractivity contribution in [3.8, 4) is 0 Å². The summed E-state index contributed by atoms with van der Waals surface area (Å²) in [5, 5.41) is 11.3. The lowest BCUT2D eigenvalue weighted by Gasteiger charge is -2.12. The van der Waals surface area contributed by atoms with Gasteiger partial charge < -0.3 is 16.2 Å². The average molecular weight is 316 g/mol. The van der Waals surface area contributed by atoms with Gasteiger partial charge >= 0.3 is 5.97 Å². The lowest BCUT2D eigenvalue weighted by molar-refractivity contribution is -0.115. The fraction of sp³-hybridized carbons (Fsp3) is 0.125. The highest BCUT2D eigenvalue weighted by Gasteiger charge is 2.14. The SMILES string of the molecule is CC(Sc1ccc(N)cc1)C(=O)Nc1ccc(C(=O)O)cc1. The first-order valence-electron chi connectivity index (χ1n) is 6.62. The van der Waals surface area contributed by atoms with Crippen molar-refractivity contribution >= 4 is 35.0 Å². The number of aromatic carboxylic acids is 1. The number of thioether (sulfide) groups is 1. The van der Waals surface area contributed by atoms with Gasteiger partial charge in [0.05, 0.1) is 10.8 Å². The summed E-state index contributed by atoms with van der Waals surface area (Å²) in [5.41, 5.74) is 7.05. The second-order valence-corrected chi connectivity index (χ2v) is 6.12. The Hall–Kier alpha value is -2.47. The standard InChI is InChI=1S/C16H16N2O3S/c1-10(22-14-8-4-12(17)5-9-14)15(19)18-13-6-2-11(3-7-13)16(20)21/h2-10H,17H2,1H3,(H,18,19)(H,20,21). The van der Waals surface area contributed by atoms with Crippen LogP contribution in [0.1, 0.15) is 17.3 Å². The van der Waals surface area contributed by atoms with E-state index in [4.69, 9.17) is 10.8 Å². The summed E-state index contributed by atoms with van der Waals surface area (Å²) in [6.07, 6.45) is 0. The van der Waals surface area contributed by atoms with Crippen molar-refractivity contribution in [2.24, 2.45) is 0 Å². The minimum Gasteiger partial charge on any atom is -0.478 e. The number of hydrogen-bond donors (Lipinski definition) is 3. The Bertz CT molecular complexity index is 669. The molecule has 0 bridgehead atoms. The molecule has 4 N–H and O–H groups in total. The van der Waals surface area contributed by atoms with E-state index < -0.39 is 5.97 Å². The molecule has 0 aliphatic rings. The Labute approximate surface area is 132 Å². The van der Waals surface area contributed by atoms with Gasteiger partial charge in [-0.1, -0.05) is 0 Å². The van der Waals surface area contributed by atoms with Crippen LogP contribution in [0.25, 0.3) is 0 Å². The van der Waals surface area contributed by atoms with E-state index in [-0.39, 0.29) is 16.7 Å². The highest BCUT2D eigenvalue weighted by molar-refractivity contribution is 8.00. The number of nitrogens with two attached hydrogens (primary N) is 1. The zero-order valence-corrected chi connectivity index (χ0v) is 12.8. The van der Waals surface area contributed by atoms with Crippen molar-refractivity contribution in [2.45, 2.75) is 17.1 Å². The largest absolute Gasteiger partial charge is 0.478 e. The van der Waals surface area contributed by atoms with E-state index in [1.165, 1.54) is 23.9 Å². The van der Waals surface area contributed by atoms with Crippen molar-refractivity contribution in [1.29, 1.82) is 0 Å². The number of carboxylic acids is 1. The maximum atomic E-state index is 12.1. The van der Waals surface area contributed by atoms with Gasteiger partial charge in [0, 0.05) is 16.3 Å². The van der Waals surface area contributed by atoms with E-state index in [1.54, 1.807) is 24.3 Å². The number of rotatable bonds is 5. The van der Waals surface area contributed by atoms with E-state index in [0.717, 1.165) is 4.90 Å². The number of anilines is 2. The molecule has 0 aliphatic heterocycles. The Morgan fingerprint density at radius 2 is 1.68 bits per heavy atom. The van der Waals surface area contributed by atoms with Gasteiger partial charge in [-0.15, -0.1) is 11.8 Å². The minimum atomic E-state index is -0.995. The van der Waals surface area contributed by atoms with Crippen LogP contribution in [0.5, 0.6) is 0 Å². The van der Waals surface area contributed by atoms with Crippen molar-refractivity contribution in [3.63, 3.8) is 0 Å². The lowest BCUT2D eigenvalue weighted by Crippen LogP contribution is -2.22. The fourth-order valence-corrected chi connectivity index (χ4v) is 2.61. The fourth-order valence-electron chi connectivity index (χ4n) is 1.74. The van der Waals surface area contributed by atoms with Gasteiger partial charge in [-0.05, 0) is 55.5 Å². The van der Waals surface area contributed by atoms with Crippen molar-refractivity contribution in [3.05, 3.63) is 54.1 Å². The zero-order valence-electron chi connectivity index (χ0n) is 11.9. The van der Waals surface area contributed by atoms with Gasteiger partial charge in [0.25, 0.3) is 0 Å². The molecule has 0 saturated carbocycles. The van der Waals surface area contributed by atoms with Gasteiger partial charge in [0.15, 0.2) is 0 Å². The number of benzene rings is 2. The minimum absolute atomic E-state index is 0.148. The van der Waals surface area contributed by atoms with Crippen LogP contribution in [0.3, 0.4) is 0 Å². The summed E-state index contributed by atoms with van der Waals surface area (Å²) < 4.78 is 0. The molecule has 0 aliphatic carbocycles. The number of carbonyl (C=O) groups is 2. The van der Waals surface area contributed by atoms with E-state index in [2.05, 4.69) is 5.32 Å². The van der Waals surface area contributed by atoms with Crippen molar-refractivity contribution in [1.82, 2.24) is 0 Å². The Morgan fingerprint density at radius 3 is 2.23 bits per heavy atom. The topological polar surface area (TPSA) is 92.4 Å². The molecule has 1 atom stereocenters. The van der Waals surface area contributed by atoms with Crippen LogP contribution in [0.15, 0.2) is 53.4 Å². The van der Waals surface area contributed by atoms with Gasteiger partial charge in [-0.3, -0.25) is 4.79 Å². The molecule has 0 saturated heterocycles. The summed E-state index contributed by atoms with van der Waals surface area (Å²) >= 11 is 1.43. The molecule has 0 fully saturated rings. The molecule has 1 unspecified atom stereocenters. The van der Waals surface area contributed by atoms with Crippen LogP contribution in [0, 0.1) is 0 Å². The maximum Gasteiger partial charge on any atom is 0.335 e. The highest BCUT2D eigenvalue weighted by Crippen LogP contribution is 2.25. The number of carboxylic acid groups (broad SMARTS) is 1. The molecule has 0 aromatic heterocycles. The number of nitrogen functional groups attached to an aromatic ring is 1. The second kappa shape index (κ2) is 7.00. The number of amides is 1. The maximum absolute atomic E-state index is 12.1. The molecule has 0 heterocycles. The summed E-state index contributed by atoms with van der Waals surface area (Å²) in [4.78, 5) is 23.9. The number of hydrogen-bond acceptors (Lipinski definition) is 4. The molecule has 5 nitrogen and oxygen atoms in total. The molecule has 1 amide bonds. The molecule has 2 aromatic rings. The molecule has 6 heteroatoms. The van der Waals surface area contributed by atoms with Crippen LogP contribution < -0.4 is 11.1 Å². The van der Waals surface area contributed by atoms with Gasteiger partial charge in [0.2, 0.25) is 5.91 Å². The summed E-state index contributed by atoms with van der Waals surface area (Å²) in [6.45, 7) is 1.81. The third-order valence-corrected chi connectivity index (χ3v) is 4.07. The highest BCUT2D eigenvalue weighted by atomic mass is 32.2. The van der Waals surface area contributed by atoms with Gasteiger partial charge in [0.1, 0.15) is 0 Å². The van der Waals surface area contributed by atoms with Crippen LogP contribution in [0.4, 0.5) is 11.4 Å². The molecule has 22 heavy (non-hydrogen) atoms. The number of carbonyl (C=O) groups excluding carboxylic acids is 1. The van der Waals surface area contributed by atoms with Crippen LogP contribution in [-0.4, -0.2) is 22.2 Å². The first-order chi connectivity index (χ1) is 10.5. The van der Waals surface area contributed by atoms with Crippen LogP contribution >= 0.6 is 11.8 Å². The molecule has 0 spiro atoms. The monoisotopic (exact) mass is 316 g/mol. The van der Waals surface area contributed by atoms with Crippen LogP contribution in [0.2, 0.25) is 0 Å².